The van der Waals surface area contributed by atoms with Gasteiger partial charge in [0.15, 0.2) is 0 Å². The van der Waals surface area contributed by atoms with E-state index in [2.05, 4.69) is 10.3 Å². The summed E-state index contributed by atoms with van der Waals surface area (Å²) in [7, 11) is 0. The fraction of sp³-hybridized carbons (Fsp3) is 0.389. The van der Waals surface area contributed by atoms with Gasteiger partial charge in [0.2, 0.25) is 5.91 Å². The first-order valence-electron chi connectivity index (χ1n) is 8.40. The molecule has 4 N–H and O–H groups in total. The Hall–Kier alpha value is -2.67. The molecule has 7 heteroatoms. The molecule has 2 heterocycles. The van der Waals surface area contributed by atoms with Crippen LogP contribution in [0, 0.1) is 5.92 Å². The number of carboxylic acid groups (broad SMARTS) is 1. The average Bonchev–Trinajstić information content (AvgIpc) is 2.61. The molecule has 7 nitrogen and oxygen atoms in total. The van der Waals surface area contributed by atoms with E-state index >= 15 is 0 Å². The van der Waals surface area contributed by atoms with E-state index in [4.69, 9.17) is 5.73 Å². The molecule has 3 rings (SSSR count). The van der Waals surface area contributed by atoms with E-state index in [0.29, 0.717) is 5.69 Å². The number of aromatic nitrogens is 1. The number of carbonyl (C=O) groups is 2. The Morgan fingerprint density at radius 1 is 1.24 bits per heavy atom. The number of pyridine rings is 1. The number of nitrogens with zero attached hydrogens (tertiary/aromatic N) is 2. The molecular weight excluding hydrogens is 320 g/mol. The molecule has 1 aromatic carbocycles. The van der Waals surface area contributed by atoms with Crippen molar-refractivity contribution in [2.75, 3.05) is 19.6 Å². The molecule has 2 amide bonds. The van der Waals surface area contributed by atoms with Gasteiger partial charge in [-0.3, -0.25) is 14.7 Å². The first-order chi connectivity index (χ1) is 12.1. The highest BCUT2D eigenvalue weighted by Crippen LogP contribution is 2.34. The van der Waals surface area contributed by atoms with E-state index in [1.807, 2.05) is 36.4 Å². The summed E-state index contributed by atoms with van der Waals surface area (Å²) in [5.41, 5.74) is 6.76. The zero-order valence-corrected chi connectivity index (χ0v) is 13.9. The van der Waals surface area contributed by atoms with Crippen LogP contribution in [0.3, 0.4) is 0 Å². The Balaban J connectivity index is 2.04. The Morgan fingerprint density at radius 3 is 2.64 bits per heavy atom. The van der Waals surface area contributed by atoms with E-state index in [-0.39, 0.29) is 12.5 Å². The number of piperidine rings is 1. The van der Waals surface area contributed by atoms with Crippen molar-refractivity contribution in [1.29, 1.82) is 0 Å². The molecular formula is C18H22N4O3. The molecule has 1 unspecified atom stereocenters. The highest BCUT2D eigenvalue weighted by Gasteiger charge is 2.34. The van der Waals surface area contributed by atoms with Crippen LogP contribution in [-0.2, 0) is 4.79 Å². The van der Waals surface area contributed by atoms with Crippen molar-refractivity contribution in [3.63, 3.8) is 0 Å². The Morgan fingerprint density at radius 2 is 1.96 bits per heavy atom. The summed E-state index contributed by atoms with van der Waals surface area (Å²) in [6.07, 6.45) is 0.487. The highest BCUT2D eigenvalue weighted by molar-refractivity contribution is 5.81. The van der Waals surface area contributed by atoms with Crippen molar-refractivity contribution >= 4 is 22.9 Å². The number of rotatable bonds is 5. The van der Waals surface area contributed by atoms with Crippen molar-refractivity contribution in [3.8, 4) is 0 Å². The van der Waals surface area contributed by atoms with E-state index in [0.717, 1.165) is 41.7 Å². The summed E-state index contributed by atoms with van der Waals surface area (Å²) in [4.78, 5) is 29.1. The molecule has 132 valence electrons. The lowest BCUT2D eigenvalue weighted by molar-refractivity contribution is -0.119. The van der Waals surface area contributed by atoms with Gasteiger partial charge in [-0.05, 0) is 44.0 Å². The molecule has 2 aromatic rings. The predicted octanol–water partition coefficient (Wildman–Crippen LogP) is 1.74. The zero-order chi connectivity index (χ0) is 17.8. The van der Waals surface area contributed by atoms with Crippen LogP contribution in [0.15, 0.2) is 36.4 Å². The van der Waals surface area contributed by atoms with Gasteiger partial charge >= 0.3 is 6.09 Å². The van der Waals surface area contributed by atoms with Gasteiger partial charge in [-0.1, -0.05) is 24.3 Å². The summed E-state index contributed by atoms with van der Waals surface area (Å²) in [5.74, 6) is -0.576. The Labute approximate surface area is 145 Å². The average molecular weight is 342 g/mol. The smallest absolute Gasteiger partial charge is 0.408 e. The van der Waals surface area contributed by atoms with Gasteiger partial charge in [0.05, 0.1) is 17.3 Å². The van der Waals surface area contributed by atoms with Crippen LogP contribution in [0.1, 0.15) is 24.6 Å². The van der Waals surface area contributed by atoms with E-state index in [1.54, 1.807) is 0 Å². The zero-order valence-electron chi connectivity index (χ0n) is 13.9. The molecule has 0 spiro atoms. The quantitative estimate of drug-likeness (QED) is 0.767. The highest BCUT2D eigenvalue weighted by atomic mass is 16.4. The second kappa shape index (κ2) is 7.48. The maximum absolute atomic E-state index is 11.8. The topological polar surface area (TPSA) is 109 Å². The van der Waals surface area contributed by atoms with Crippen molar-refractivity contribution in [1.82, 2.24) is 15.2 Å². The number of carbonyl (C=O) groups excluding carboxylic acids is 1. The lowest BCUT2D eigenvalue weighted by Crippen LogP contribution is -2.45. The second-order valence-corrected chi connectivity index (χ2v) is 6.34. The molecule has 1 aliphatic rings. The molecule has 25 heavy (non-hydrogen) atoms. The summed E-state index contributed by atoms with van der Waals surface area (Å²) in [6, 6.07) is 11.0. The minimum absolute atomic E-state index is 0.0883. The third-order valence-corrected chi connectivity index (χ3v) is 4.66. The lowest BCUT2D eigenvalue weighted by atomic mass is 9.86. The standard InChI is InChI=1S/C18H22N4O3/c19-16(23)11-22(18(24)25)17(13-7-9-20-10-8-13)15-6-5-12-3-1-2-4-14(12)21-15/h1-6,13,17,20H,7-11H2,(H2,19,23)(H,24,25). The van der Waals surface area contributed by atoms with E-state index in [1.165, 1.54) is 0 Å². The normalized spacial score (nSPS) is 16.5. The summed E-state index contributed by atoms with van der Waals surface area (Å²) in [6.45, 7) is 1.30. The predicted molar refractivity (Wildman–Crippen MR) is 94.0 cm³/mol. The van der Waals surface area contributed by atoms with Gasteiger partial charge in [-0.15, -0.1) is 0 Å². The fourth-order valence-electron chi connectivity index (χ4n) is 3.51. The van der Waals surface area contributed by atoms with E-state index < -0.39 is 18.0 Å². The molecule has 0 radical (unpaired) electrons. The number of primary amides is 1. The molecule has 0 aliphatic carbocycles. The number of para-hydroxylation sites is 1. The minimum atomic E-state index is -1.16. The maximum atomic E-state index is 11.8. The minimum Gasteiger partial charge on any atom is -0.465 e. The van der Waals surface area contributed by atoms with Crippen molar-refractivity contribution in [2.24, 2.45) is 11.7 Å². The maximum Gasteiger partial charge on any atom is 0.408 e. The molecule has 1 atom stereocenters. The first-order valence-corrected chi connectivity index (χ1v) is 8.40. The Kier molecular flexibility index (Phi) is 5.14. The summed E-state index contributed by atoms with van der Waals surface area (Å²) < 4.78 is 0. The van der Waals surface area contributed by atoms with Gasteiger partial charge in [-0.2, -0.15) is 0 Å². The molecule has 1 aliphatic heterocycles. The van der Waals surface area contributed by atoms with Crippen LogP contribution in [0.4, 0.5) is 4.79 Å². The van der Waals surface area contributed by atoms with Crippen molar-refractivity contribution in [2.45, 2.75) is 18.9 Å². The SMILES string of the molecule is NC(=O)CN(C(=O)O)C(c1ccc2ccccc2n1)C1CCNCC1. The fourth-order valence-corrected chi connectivity index (χ4v) is 3.51. The van der Waals surface area contributed by atoms with Crippen molar-refractivity contribution < 1.29 is 14.7 Å². The van der Waals surface area contributed by atoms with Crippen LogP contribution in [0.25, 0.3) is 10.9 Å². The molecule has 0 bridgehead atoms. The monoisotopic (exact) mass is 342 g/mol. The van der Waals surface area contributed by atoms with Gasteiger partial charge in [0, 0.05) is 5.39 Å². The number of amides is 2. The largest absolute Gasteiger partial charge is 0.465 e. The number of nitrogens with one attached hydrogen (secondary N) is 1. The third-order valence-electron chi connectivity index (χ3n) is 4.66. The van der Waals surface area contributed by atoms with Gasteiger partial charge in [0.25, 0.3) is 0 Å². The van der Waals surface area contributed by atoms with Crippen LogP contribution in [-0.4, -0.2) is 46.6 Å². The van der Waals surface area contributed by atoms with Crippen LogP contribution in [0.5, 0.6) is 0 Å². The molecule has 1 aromatic heterocycles. The lowest BCUT2D eigenvalue weighted by Gasteiger charge is -2.36. The second-order valence-electron chi connectivity index (χ2n) is 6.34. The van der Waals surface area contributed by atoms with Crippen LogP contribution >= 0.6 is 0 Å². The van der Waals surface area contributed by atoms with Gasteiger partial charge < -0.3 is 16.2 Å². The van der Waals surface area contributed by atoms with Gasteiger partial charge in [-0.25, -0.2) is 4.79 Å². The van der Waals surface area contributed by atoms with E-state index in [9.17, 15) is 14.7 Å². The number of nitrogens with two attached hydrogens (primary N) is 1. The third kappa shape index (κ3) is 3.88. The van der Waals surface area contributed by atoms with Crippen molar-refractivity contribution in [3.05, 3.63) is 42.1 Å². The molecule has 0 saturated carbocycles. The number of benzene rings is 1. The molecule has 1 fully saturated rings. The first kappa shape index (κ1) is 17.2. The number of fused-ring (bicyclic) bond motifs is 1. The van der Waals surface area contributed by atoms with Crippen LogP contribution in [0.2, 0.25) is 0 Å². The molecule has 1 saturated heterocycles. The van der Waals surface area contributed by atoms with Crippen LogP contribution < -0.4 is 11.1 Å². The Bertz CT molecular complexity index is 774. The summed E-state index contributed by atoms with van der Waals surface area (Å²) in [5, 5.41) is 13.9. The summed E-state index contributed by atoms with van der Waals surface area (Å²) >= 11 is 0. The number of hydrogen-bond donors (Lipinski definition) is 3. The van der Waals surface area contributed by atoms with Gasteiger partial charge in [0.1, 0.15) is 6.54 Å². The number of hydrogen-bond acceptors (Lipinski definition) is 4.